The number of hydrogen-bond donors (Lipinski definition) is 2. The topological polar surface area (TPSA) is 49.3 Å². The van der Waals surface area contributed by atoms with E-state index in [0.29, 0.717) is 15.6 Å². The predicted octanol–water partition coefficient (Wildman–Crippen LogP) is 3.11. The standard InChI is InChI=1S/C14H15Cl2NO2/c15-10-5-6-11(12(16)7-10)13(18)8-17-14(19)9-3-1-2-4-9/h1-2,5-7,9,13,18H,3-4,8H2,(H,17,19). The van der Waals surface area contributed by atoms with Gasteiger partial charge in [0.2, 0.25) is 5.91 Å². The molecule has 0 saturated carbocycles. The third-order valence-corrected chi connectivity index (χ3v) is 3.73. The first-order valence-corrected chi connectivity index (χ1v) is 6.89. The second-order valence-corrected chi connectivity index (χ2v) is 5.41. The molecular formula is C14H15Cl2NO2. The first-order valence-electron chi connectivity index (χ1n) is 6.13. The van der Waals surface area contributed by atoms with Gasteiger partial charge < -0.3 is 10.4 Å². The van der Waals surface area contributed by atoms with Crippen LogP contribution in [0.25, 0.3) is 0 Å². The lowest BCUT2D eigenvalue weighted by Gasteiger charge is -2.16. The van der Waals surface area contributed by atoms with Gasteiger partial charge in [0.15, 0.2) is 0 Å². The van der Waals surface area contributed by atoms with E-state index in [1.807, 2.05) is 12.2 Å². The number of hydrogen-bond acceptors (Lipinski definition) is 2. The van der Waals surface area contributed by atoms with Crippen molar-refractivity contribution in [3.63, 3.8) is 0 Å². The highest BCUT2D eigenvalue weighted by Gasteiger charge is 2.20. The van der Waals surface area contributed by atoms with Gasteiger partial charge in [0.1, 0.15) is 0 Å². The van der Waals surface area contributed by atoms with Crippen molar-refractivity contribution in [2.75, 3.05) is 6.54 Å². The quantitative estimate of drug-likeness (QED) is 0.839. The molecule has 2 N–H and O–H groups in total. The van der Waals surface area contributed by atoms with E-state index in [0.717, 1.165) is 12.8 Å². The number of allylic oxidation sites excluding steroid dienone is 2. The lowest BCUT2D eigenvalue weighted by Crippen LogP contribution is -2.33. The van der Waals surface area contributed by atoms with Crippen LogP contribution in [0.2, 0.25) is 10.0 Å². The van der Waals surface area contributed by atoms with E-state index in [1.54, 1.807) is 18.2 Å². The Morgan fingerprint density at radius 2 is 2.05 bits per heavy atom. The summed E-state index contributed by atoms with van der Waals surface area (Å²) in [6, 6.07) is 4.90. The minimum atomic E-state index is -0.830. The van der Waals surface area contributed by atoms with Crippen molar-refractivity contribution >= 4 is 29.1 Å². The number of rotatable bonds is 4. The summed E-state index contributed by atoms with van der Waals surface area (Å²) in [4.78, 5) is 11.8. The predicted molar refractivity (Wildman–Crippen MR) is 76.3 cm³/mol. The van der Waals surface area contributed by atoms with Gasteiger partial charge in [-0.05, 0) is 25.0 Å². The van der Waals surface area contributed by atoms with E-state index in [1.165, 1.54) is 0 Å². The molecule has 0 fully saturated rings. The van der Waals surface area contributed by atoms with E-state index in [4.69, 9.17) is 23.2 Å². The molecule has 19 heavy (non-hydrogen) atoms. The molecule has 0 spiro atoms. The lowest BCUT2D eigenvalue weighted by atomic mass is 10.1. The van der Waals surface area contributed by atoms with Crippen LogP contribution < -0.4 is 5.32 Å². The van der Waals surface area contributed by atoms with E-state index in [9.17, 15) is 9.90 Å². The fraction of sp³-hybridized carbons (Fsp3) is 0.357. The highest BCUT2D eigenvalue weighted by atomic mass is 35.5. The van der Waals surface area contributed by atoms with Crippen LogP contribution in [0.4, 0.5) is 0 Å². The van der Waals surface area contributed by atoms with E-state index in [-0.39, 0.29) is 18.4 Å². The van der Waals surface area contributed by atoms with Gasteiger partial charge in [-0.3, -0.25) is 4.79 Å². The van der Waals surface area contributed by atoms with Crippen LogP contribution in [0.3, 0.4) is 0 Å². The largest absolute Gasteiger partial charge is 0.387 e. The second-order valence-electron chi connectivity index (χ2n) is 4.57. The van der Waals surface area contributed by atoms with Crippen LogP contribution in [0.15, 0.2) is 30.4 Å². The summed E-state index contributed by atoms with van der Waals surface area (Å²) < 4.78 is 0. The molecule has 1 aliphatic carbocycles. The molecule has 102 valence electrons. The summed E-state index contributed by atoms with van der Waals surface area (Å²) in [6.07, 6.45) is 4.70. The summed E-state index contributed by atoms with van der Waals surface area (Å²) in [7, 11) is 0. The summed E-state index contributed by atoms with van der Waals surface area (Å²) in [6.45, 7) is 0.149. The Bertz CT molecular complexity index is 494. The fourth-order valence-corrected chi connectivity index (χ4v) is 2.59. The number of carbonyl (C=O) groups excluding carboxylic acids is 1. The molecule has 0 radical (unpaired) electrons. The van der Waals surface area contributed by atoms with Gasteiger partial charge in [0, 0.05) is 28.1 Å². The molecule has 5 heteroatoms. The van der Waals surface area contributed by atoms with Gasteiger partial charge in [-0.15, -0.1) is 0 Å². The number of benzene rings is 1. The minimum Gasteiger partial charge on any atom is -0.387 e. The summed E-state index contributed by atoms with van der Waals surface area (Å²) in [5.41, 5.74) is 0.566. The number of aliphatic hydroxyl groups is 1. The molecule has 0 aromatic heterocycles. The van der Waals surface area contributed by atoms with Gasteiger partial charge in [-0.1, -0.05) is 41.4 Å². The smallest absolute Gasteiger partial charge is 0.223 e. The van der Waals surface area contributed by atoms with Crippen molar-refractivity contribution in [2.45, 2.75) is 18.9 Å². The number of carbonyl (C=O) groups is 1. The highest BCUT2D eigenvalue weighted by Crippen LogP contribution is 2.26. The SMILES string of the molecule is O=C(NCC(O)c1ccc(Cl)cc1Cl)C1CC=CC1. The Morgan fingerprint density at radius 3 is 2.68 bits per heavy atom. The van der Waals surface area contributed by atoms with Gasteiger partial charge in [-0.25, -0.2) is 0 Å². The van der Waals surface area contributed by atoms with Crippen LogP contribution in [-0.2, 0) is 4.79 Å². The van der Waals surface area contributed by atoms with Crippen molar-refractivity contribution in [3.8, 4) is 0 Å². The maximum Gasteiger partial charge on any atom is 0.223 e. The molecule has 1 atom stereocenters. The van der Waals surface area contributed by atoms with Crippen molar-refractivity contribution in [1.82, 2.24) is 5.32 Å². The summed E-state index contributed by atoms with van der Waals surface area (Å²) >= 11 is 11.8. The summed E-state index contributed by atoms with van der Waals surface area (Å²) in [5.74, 6) is -0.0398. The lowest BCUT2D eigenvalue weighted by molar-refractivity contribution is -0.125. The fourth-order valence-electron chi connectivity index (χ4n) is 2.05. The zero-order chi connectivity index (χ0) is 13.8. The first kappa shape index (κ1) is 14.4. The van der Waals surface area contributed by atoms with Crippen LogP contribution in [0, 0.1) is 5.92 Å². The van der Waals surface area contributed by atoms with Crippen molar-refractivity contribution < 1.29 is 9.90 Å². The van der Waals surface area contributed by atoms with Crippen LogP contribution in [0.5, 0.6) is 0 Å². The molecule has 0 aliphatic heterocycles. The van der Waals surface area contributed by atoms with E-state index >= 15 is 0 Å². The minimum absolute atomic E-state index is 0.00658. The normalized spacial score (nSPS) is 16.6. The number of halogens is 2. The molecule has 1 aliphatic rings. The Morgan fingerprint density at radius 1 is 1.37 bits per heavy atom. The second kappa shape index (κ2) is 6.42. The molecule has 1 unspecified atom stereocenters. The molecule has 0 saturated heterocycles. The van der Waals surface area contributed by atoms with Gasteiger partial charge in [0.05, 0.1) is 6.10 Å². The zero-order valence-corrected chi connectivity index (χ0v) is 11.8. The number of aliphatic hydroxyl groups excluding tert-OH is 1. The van der Waals surface area contributed by atoms with Gasteiger partial charge in [0.25, 0.3) is 0 Å². The Kier molecular flexibility index (Phi) is 4.86. The average Bonchev–Trinajstić information content (AvgIpc) is 2.89. The van der Waals surface area contributed by atoms with Crippen LogP contribution >= 0.6 is 23.2 Å². The van der Waals surface area contributed by atoms with E-state index in [2.05, 4.69) is 5.32 Å². The highest BCUT2D eigenvalue weighted by molar-refractivity contribution is 6.35. The van der Waals surface area contributed by atoms with Crippen LogP contribution in [-0.4, -0.2) is 17.6 Å². The first-order chi connectivity index (χ1) is 9.08. The average molecular weight is 300 g/mol. The van der Waals surface area contributed by atoms with Crippen LogP contribution in [0.1, 0.15) is 24.5 Å². The van der Waals surface area contributed by atoms with Crippen molar-refractivity contribution in [3.05, 3.63) is 46.0 Å². The molecule has 0 heterocycles. The molecule has 3 nitrogen and oxygen atoms in total. The molecule has 1 aromatic rings. The van der Waals surface area contributed by atoms with E-state index < -0.39 is 6.10 Å². The number of nitrogens with one attached hydrogen (secondary N) is 1. The monoisotopic (exact) mass is 299 g/mol. The molecule has 1 aromatic carbocycles. The molecular weight excluding hydrogens is 285 g/mol. The maximum atomic E-state index is 11.8. The maximum absolute atomic E-state index is 11.8. The molecule has 0 bridgehead atoms. The molecule has 2 rings (SSSR count). The van der Waals surface area contributed by atoms with Gasteiger partial charge in [-0.2, -0.15) is 0 Å². The third kappa shape index (κ3) is 3.72. The Hall–Kier alpha value is -1.03. The third-order valence-electron chi connectivity index (χ3n) is 3.17. The van der Waals surface area contributed by atoms with Crippen molar-refractivity contribution in [1.29, 1.82) is 0 Å². The summed E-state index contributed by atoms with van der Waals surface area (Å²) in [5, 5.41) is 13.7. The Labute approximate surface area is 122 Å². The molecule has 1 amide bonds. The van der Waals surface area contributed by atoms with Crippen molar-refractivity contribution in [2.24, 2.45) is 5.92 Å². The zero-order valence-electron chi connectivity index (χ0n) is 10.3. The number of amides is 1. The Balaban J connectivity index is 1.90. The van der Waals surface area contributed by atoms with Gasteiger partial charge >= 0.3 is 0 Å².